The van der Waals surface area contributed by atoms with E-state index in [1.807, 2.05) is 0 Å². The van der Waals surface area contributed by atoms with Crippen molar-refractivity contribution >= 4 is 33.0 Å². The first-order chi connectivity index (χ1) is 18.8. The quantitative estimate of drug-likeness (QED) is 0.356. The van der Waals surface area contributed by atoms with E-state index in [1.165, 1.54) is 12.1 Å². The molecule has 5 rings (SSSR count). The third kappa shape index (κ3) is 5.37. The van der Waals surface area contributed by atoms with Gasteiger partial charge in [0.1, 0.15) is 0 Å². The van der Waals surface area contributed by atoms with E-state index >= 15 is 0 Å². The molecule has 0 aromatic heterocycles. The summed E-state index contributed by atoms with van der Waals surface area (Å²) < 4.78 is 73.6. The summed E-state index contributed by atoms with van der Waals surface area (Å²) in [5.41, 5.74) is -1.74. The van der Waals surface area contributed by atoms with Gasteiger partial charge in [0.15, 0.2) is 27.3 Å². The van der Waals surface area contributed by atoms with Crippen molar-refractivity contribution in [1.29, 1.82) is 0 Å². The number of aliphatic hydroxyl groups is 3. The van der Waals surface area contributed by atoms with Crippen LogP contribution in [-0.2, 0) is 14.6 Å². The highest BCUT2D eigenvalue weighted by atomic mass is 35.5. The highest BCUT2D eigenvalue weighted by Crippen LogP contribution is 2.52. The van der Waals surface area contributed by atoms with Crippen LogP contribution >= 0.6 is 11.6 Å². The number of benzene rings is 2. The lowest BCUT2D eigenvalue weighted by Gasteiger charge is -2.42. The number of anilines is 1. The molecule has 0 aliphatic heterocycles. The van der Waals surface area contributed by atoms with Crippen molar-refractivity contribution < 1.29 is 46.4 Å². The van der Waals surface area contributed by atoms with Gasteiger partial charge in [-0.2, -0.15) is 0 Å². The fraction of sp³-hybridized carbons (Fsp3) is 0.519. The van der Waals surface area contributed by atoms with Crippen LogP contribution in [0.5, 0.6) is 0 Å². The van der Waals surface area contributed by atoms with Crippen LogP contribution < -0.4 is 5.32 Å². The lowest BCUT2D eigenvalue weighted by Crippen LogP contribution is -2.51. The lowest BCUT2D eigenvalue weighted by molar-refractivity contribution is -0.129. The maximum absolute atomic E-state index is 13.7. The molecule has 4 N–H and O–H groups in total. The van der Waals surface area contributed by atoms with Crippen molar-refractivity contribution in [1.82, 2.24) is 0 Å². The first kappa shape index (κ1) is 29.3. The Morgan fingerprint density at radius 2 is 1.57 bits per heavy atom. The molecule has 2 aromatic rings. The van der Waals surface area contributed by atoms with E-state index in [-0.39, 0.29) is 65.3 Å². The molecule has 0 spiro atoms. The van der Waals surface area contributed by atoms with E-state index in [0.717, 1.165) is 6.07 Å². The first-order valence-electron chi connectivity index (χ1n) is 13.0. The number of hydrogen-bond acceptors (Lipinski definition) is 7. The van der Waals surface area contributed by atoms with Crippen molar-refractivity contribution in [2.24, 2.45) is 11.8 Å². The molecule has 7 atom stereocenters. The van der Waals surface area contributed by atoms with Gasteiger partial charge in [0, 0.05) is 36.2 Å². The maximum Gasteiger partial charge on any atom is 0.255 e. The summed E-state index contributed by atoms with van der Waals surface area (Å²) in [5.74, 6) is -6.28. The zero-order chi connectivity index (χ0) is 29.0. The van der Waals surface area contributed by atoms with Gasteiger partial charge < -0.3 is 25.4 Å². The van der Waals surface area contributed by atoms with Gasteiger partial charge in [-0.3, -0.25) is 4.79 Å². The fourth-order valence-corrected chi connectivity index (χ4v) is 8.71. The first-order valence-corrected chi connectivity index (χ1v) is 14.9. The van der Waals surface area contributed by atoms with Crippen molar-refractivity contribution in [3.63, 3.8) is 0 Å². The number of rotatable bonds is 7. The molecular weight excluding hydrogens is 575 g/mol. The Labute approximate surface area is 234 Å². The maximum atomic E-state index is 13.7. The van der Waals surface area contributed by atoms with Crippen LogP contribution in [0, 0.1) is 29.3 Å². The Morgan fingerprint density at radius 3 is 2.15 bits per heavy atom. The molecule has 3 aliphatic carbocycles. The summed E-state index contributed by atoms with van der Waals surface area (Å²) >= 11 is 6.25. The molecule has 0 heterocycles. The Bertz CT molecular complexity index is 1380. The van der Waals surface area contributed by atoms with E-state index < -0.39 is 62.4 Å². The summed E-state index contributed by atoms with van der Waals surface area (Å²) in [5, 5.41) is 32.2. The van der Waals surface area contributed by atoms with E-state index in [9.17, 15) is 41.7 Å². The molecule has 13 heteroatoms. The lowest BCUT2D eigenvalue weighted by atomic mass is 9.75. The molecule has 40 heavy (non-hydrogen) atoms. The minimum atomic E-state index is -4.06. The van der Waals surface area contributed by atoms with Crippen molar-refractivity contribution in [3.05, 3.63) is 58.4 Å². The summed E-state index contributed by atoms with van der Waals surface area (Å²) in [7, 11) is -4.06. The number of nitrogens with one attached hydrogen (secondary N) is 1. The second-order valence-electron chi connectivity index (χ2n) is 11.0. The van der Waals surface area contributed by atoms with Crippen LogP contribution in [0.3, 0.4) is 0 Å². The normalized spacial score (nSPS) is 31.9. The number of carbonyl (C=O) groups excluding carboxylic acids is 1. The van der Waals surface area contributed by atoms with Crippen LogP contribution in [0.15, 0.2) is 35.2 Å². The zero-order valence-electron chi connectivity index (χ0n) is 21.2. The zero-order valence-corrected chi connectivity index (χ0v) is 22.8. The number of carbonyl (C=O) groups is 1. The molecule has 218 valence electrons. The second-order valence-corrected chi connectivity index (χ2v) is 13.6. The van der Waals surface area contributed by atoms with E-state index in [2.05, 4.69) is 5.32 Å². The van der Waals surface area contributed by atoms with E-state index in [0.29, 0.717) is 25.0 Å². The topological polar surface area (TPSA) is 133 Å². The van der Waals surface area contributed by atoms with E-state index in [1.54, 1.807) is 0 Å². The van der Waals surface area contributed by atoms with Crippen LogP contribution in [-0.4, -0.2) is 65.4 Å². The highest BCUT2D eigenvalue weighted by Gasteiger charge is 2.56. The smallest absolute Gasteiger partial charge is 0.255 e. The van der Waals surface area contributed by atoms with E-state index in [4.69, 9.17) is 16.3 Å². The SMILES string of the molecule is O=C(Nc1cc(F)c(F)c(F)c1)c1ccc(Cl)c(S(=O)(=O)[C@@H]2CC3CC[C@@H](C2)[C@@]3(O)CO[C@@H]2C[C@@H](O)[C@@H](O)C2)c1. The number of ether oxygens (including phenoxy) is 1. The Hall–Kier alpha value is -2.22. The van der Waals surface area contributed by atoms with Gasteiger partial charge in [-0.05, 0) is 55.7 Å². The van der Waals surface area contributed by atoms with Gasteiger partial charge in [-0.15, -0.1) is 0 Å². The summed E-state index contributed by atoms with van der Waals surface area (Å²) in [6.07, 6.45) is -0.124. The Kier molecular flexibility index (Phi) is 7.97. The monoisotopic (exact) mass is 603 g/mol. The number of sulfone groups is 1. The third-order valence-corrected chi connectivity index (χ3v) is 11.2. The molecule has 3 fully saturated rings. The number of hydrogen-bond donors (Lipinski definition) is 4. The van der Waals surface area contributed by atoms with Crippen LogP contribution in [0.1, 0.15) is 48.9 Å². The minimum absolute atomic E-state index is 0.0276. The molecular formula is C27H29ClF3NO7S. The predicted molar refractivity (Wildman–Crippen MR) is 138 cm³/mol. The van der Waals surface area contributed by atoms with Crippen molar-refractivity contribution in [2.75, 3.05) is 11.9 Å². The average Bonchev–Trinajstić information content (AvgIpc) is 3.25. The number of aliphatic hydroxyl groups excluding tert-OH is 2. The second kappa shape index (κ2) is 10.9. The standard InChI is InChI=1S/C27H29ClF3NO7S/c28-19-4-1-13(26(35)32-16-8-20(29)25(31)21(30)9-16)5-24(19)40(37,38)18-6-14-2-3-15(7-18)27(14,36)12-39-17-10-22(33)23(34)11-17/h1,4-5,8-9,14-15,17-18,22-23,33-34,36H,2-3,6-7,10-12H2,(H,32,35)/t14-,15?,17-,18-,22-,23+,27-/m0/s1. The van der Waals surface area contributed by atoms with Gasteiger partial charge in [0.05, 0.1) is 45.7 Å². The van der Waals surface area contributed by atoms with Gasteiger partial charge in [0.2, 0.25) is 0 Å². The van der Waals surface area contributed by atoms with Gasteiger partial charge >= 0.3 is 0 Å². The number of fused-ring (bicyclic) bond motifs is 2. The van der Waals surface area contributed by atoms with Crippen LogP contribution in [0.25, 0.3) is 0 Å². The molecule has 0 radical (unpaired) electrons. The molecule has 1 amide bonds. The predicted octanol–water partition coefficient (Wildman–Crippen LogP) is 3.60. The minimum Gasteiger partial charge on any atom is -0.390 e. The number of halogens is 4. The summed E-state index contributed by atoms with van der Waals surface area (Å²) in [6, 6.07) is 4.78. The van der Waals surface area contributed by atoms with Gasteiger partial charge in [-0.1, -0.05) is 11.6 Å². The molecule has 3 saturated carbocycles. The summed E-state index contributed by atoms with van der Waals surface area (Å²) in [6.45, 7) is -0.0276. The van der Waals surface area contributed by atoms with Crippen molar-refractivity contribution in [3.8, 4) is 0 Å². The van der Waals surface area contributed by atoms with Crippen molar-refractivity contribution in [2.45, 2.75) is 72.6 Å². The third-order valence-electron chi connectivity index (χ3n) is 8.56. The number of amides is 1. The average molecular weight is 604 g/mol. The fourth-order valence-electron chi connectivity index (χ4n) is 6.31. The largest absolute Gasteiger partial charge is 0.390 e. The van der Waals surface area contributed by atoms with Crippen LogP contribution in [0.2, 0.25) is 5.02 Å². The molecule has 0 saturated heterocycles. The molecule has 2 bridgehead atoms. The van der Waals surface area contributed by atoms with Gasteiger partial charge in [-0.25, -0.2) is 21.6 Å². The molecule has 8 nitrogen and oxygen atoms in total. The highest BCUT2D eigenvalue weighted by molar-refractivity contribution is 7.92. The molecule has 2 aromatic carbocycles. The molecule has 3 aliphatic rings. The Balaban J connectivity index is 1.31. The van der Waals surface area contributed by atoms with Crippen LogP contribution in [0.4, 0.5) is 18.9 Å². The molecule has 1 unspecified atom stereocenters. The Morgan fingerprint density at radius 1 is 1.00 bits per heavy atom. The van der Waals surface area contributed by atoms with Gasteiger partial charge in [0.25, 0.3) is 5.91 Å². The summed E-state index contributed by atoms with van der Waals surface area (Å²) in [4.78, 5) is 12.5.